The van der Waals surface area contributed by atoms with Gasteiger partial charge in [-0.05, 0) is 41.5 Å². The van der Waals surface area contributed by atoms with Gasteiger partial charge in [0, 0.05) is 0 Å². The number of fused-ring (bicyclic) bond motifs is 2. The Morgan fingerprint density at radius 2 is 0.939 bits per heavy atom. The van der Waals surface area contributed by atoms with Gasteiger partial charge in [0.15, 0.2) is 0 Å². The van der Waals surface area contributed by atoms with Gasteiger partial charge < -0.3 is 13.8 Å². The van der Waals surface area contributed by atoms with Gasteiger partial charge in [-0.3, -0.25) is 0 Å². The Balaban J connectivity index is 0.000000789. The van der Waals surface area contributed by atoms with Crippen LogP contribution in [0.2, 0.25) is 0 Å². The molecular weight excluding hydrogens is 731 g/mol. The van der Waals surface area contributed by atoms with Crippen LogP contribution in [0, 0.1) is 34.6 Å². The summed E-state index contributed by atoms with van der Waals surface area (Å²) in [5.74, 6) is 0. The molecule has 0 saturated heterocycles. The molecule has 0 aromatic heterocycles. The molecule has 6 aromatic carbocycles. The molecule has 0 saturated carbocycles. The Labute approximate surface area is 328 Å². The van der Waals surface area contributed by atoms with Crippen LogP contribution >= 0.6 is 24.8 Å². The summed E-state index contributed by atoms with van der Waals surface area (Å²) >= 11 is 1.36. The van der Waals surface area contributed by atoms with E-state index >= 15 is 0 Å². The van der Waals surface area contributed by atoms with E-state index in [0.717, 1.165) is 6.42 Å². The first kappa shape index (κ1) is 46.8. The zero-order valence-corrected chi connectivity index (χ0v) is 36.1. The van der Waals surface area contributed by atoms with E-state index in [9.17, 15) is 0 Å². The predicted octanol–water partition coefficient (Wildman–Crippen LogP) is 14.0. The Hall–Kier alpha value is -2.22. The molecule has 49 heavy (non-hydrogen) atoms. The molecule has 0 aliphatic rings. The van der Waals surface area contributed by atoms with Gasteiger partial charge in [-0.25, -0.2) is 0 Å². The fourth-order valence-corrected chi connectivity index (χ4v) is 6.08. The third-order valence-corrected chi connectivity index (χ3v) is 8.43. The van der Waals surface area contributed by atoms with Crippen molar-refractivity contribution in [2.24, 2.45) is 0 Å². The zero-order valence-electron chi connectivity index (χ0n) is 31.0. The van der Waals surface area contributed by atoms with E-state index in [0.29, 0.717) is 0 Å². The number of hydrogen-bond acceptors (Lipinski definition) is 0. The first-order valence-electron chi connectivity index (χ1n) is 17.1. The second-order valence-electron chi connectivity index (χ2n) is 11.7. The van der Waals surface area contributed by atoms with Gasteiger partial charge in [0.1, 0.15) is 0 Å². The van der Waals surface area contributed by atoms with E-state index in [2.05, 4.69) is 159 Å². The molecule has 0 aliphatic heterocycles. The van der Waals surface area contributed by atoms with Crippen LogP contribution in [0.4, 0.5) is 0 Å². The fraction of sp³-hybridized carbons (Fsp3) is 0.289. The Morgan fingerprint density at radius 3 is 1.33 bits per heavy atom. The summed E-state index contributed by atoms with van der Waals surface area (Å²) in [6.45, 7) is 26.3. The van der Waals surface area contributed by atoms with Crippen molar-refractivity contribution in [2.45, 2.75) is 87.5 Å². The van der Waals surface area contributed by atoms with Crippen molar-refractivity contribution in [3.05, 3.63) is 144 Å². The van der Waals surface area contributed by atoms with Crippen LogP contribution < -0.4 is 0 Å². The van der Waals surface area contributed by atoms with Crippen LogP contribution in [0.25, 0.3) is 43.8 Å². The van der Waals surface area contributed by atoms with E-state index in [1.165, 1.54) is 126 Å². The molecule has 4 heteroatoms. The molecule has 262 valence electrons. The quantitative estimate of drug-likeness (QED) is 0.112. The average molecular weight is 787 g/mol. The topological polar surface area (TPSA) is 0 Å². The van der Waals surface area contributed by atoms with Crippen LogP contribution in [-0.4, -0.2) is 6.88 Å². The standard InChI is InChI=1S/C21H23.C20H21.2C2H5.2ClH.Si.Zr/c1-4-6-17-8-10-18(11-9-17)19-12-7-15(3)20-13-16(5-2)14-21(19)20;1-4-5-16-7-9-17(10-8-16)18-11-6-15(3)19-12-14(2)13-20(18)19;2*1-2;;;;/h7-14H,4-6H2,1-3H3;6-13H,4-5H2,1-3H3;2*1H2,2H3;2*1H;;/q4*-1;;;;. The first-order valence-corrected chi connectivity index (χ1v) is 21.3. The van der Waals surface area contributed by atoms with E-state index in [-0.39, 0.29) is 24.8 Å². The fourth-order valence-electron chi connectivity index (χ4n) is 6.08. The van der Waals surface area contributed by atoms with Crippen LogP contribution in [0.15, 0.2) is 97.1 Å². The maximum absolute atomic E-state index is 3.25. The number of benzene rings is 4. The molecule has 6 rings (SSSR count). The van der Waals surface area contributed by atoms with Crippen LogP contribution in [-0.2, 0) is 42.6 Å². The monoisotopic (exact) mass is 784 g/mol. The van der Waals surface area contributed by atoms with Crippen molar-refractivity contribution in [3.63, 3.8) is 0 Å². The molecule has 0 bridgehead atoms. The number of hydrogen-bond donors (Lipinski definition) is 0. The molecular formula is C45H56Cl2SiZr-4. The molecule has 0 fully saturated rings. The average Bonchev–Trinajstić information content (AvgIpc) is 3.74. The van der Waals surface area contributed by atoms with Crippen molar-refractivity contribution in [1.29, 1.82) is 0 Å². The summed E-state index contributed by atoms with van der Waals surface area (Å²) < 4.78 is 0. The van der Waals surface area contributed by atoms with Crippen molar-refractivity contribution >= 4 is 53.2 Å². The first-order chi connectivity index (χ1) is 22.9. The molecule has 0 spiro atoms. The zero-order chi connectivity index (χ0) is 34.9. The van der Waals surface area contributed by atoms with Gasteiger partial charge in [-0.2, -0.15) is 26.0 Å². The Kier molecular flexibility index (Phi) is 23.7. The second kappa shape index (κ2) is 24.8. The van der Waals surface area contributed by atoms with Crippen LogP contribution in [0.5, 0.6) is 0 Å². The van der Waals surface area contributed by atoms with Gasteiger partial charge in [0.25, 0.3) is 0 Å². The number of aryl methyl sites for hydroxylation is 6. The second-order valence-corrected chi connectivity index (χ2v) is 11.7. The summed E-state index contributed by atoms with van der Waals surface area (Å²) in [5.41, 5.74) is 13.7. The van der Waals surface area contributed by atoms with Crippen molar-refractivity contribution in [2.75, 3.05) is 0 Å². The van der Waals surface area contributed by atoms with Gasteiger partial charge in [0.05, 0.1) is 0 Å². The molecule has 0 N–H and O–H groups in total. The van der Waals surface area contributed by atoms with E-state index < -0.39 is 0 Å². The summed E-state index contributed by atoms with van der Waals surface area (Å²) in [5, 5.41) is 5.57. The van der Waals surface area contributed by atoms with Gasteiger partial charge in [0.2, 0.25) is 0 Å². The maximum atomic E-state index is 3.25. The van der Waals surface area contributed by atoms with Crippen LogP contribution in [0.3, 0.4) is 0 Å². The molecule has 0 aliphatic carbocycles. The third kappa shape index (κ3) is 12.5. The van der Waals surface area contributed by atoms with E-state index in [4.69, 9.17) is 0 Å². The van der Waals surface area contributed by atoms with Gasteiger partial charge in [-0.1, -0.05) is 126 Å². The van der Waals surface area contributed by atoms with E-state index in [1.54, 1.807) is 13.8 Å². The minimum absolute atomic E-state index is 0. The van der Waals surface area contributed by atoms with E-state index in [1.807, 2.05) is 0 Å². The van der Waals surface area contributed by atoms with Gasteiger partial charge in [-0.15, -0.1) is 92.9 Å². The predicted molar refractivity (Wildman–Crippen MR) is 224 cm³/mol. The van der Waals surface area contributed by atoms with Crippen molar-refractivity contribution < 1.29 is 23.3 Å². The van der Waals surface area contributed by atoms with Crippen molar-refractivity contribution in [3.8, 4) is 22.3 Å². The third-order valence-electron chi connectivity index (χ3n) is 8.43. The molecule has 0 heterocycles. The molecule has 2 radical (unpaired) electrons. The molecule has 6 aromatic rings. The summed E-state index contributed by atoms with van der Waals surface area (Å²) in [7, 11) is 0. The number of rotatable bonds is 7. The Bertz CT molecular complexity index is 1780. The van der Waals surface area contributed by atoms with Gasteiger partial charge >= 0.3 is 30.2 Å². The summed E-state index contributed by atoms with van der Waals surface area (Å²) in [6, 6.07) is 36.4. The molecule has 0 amide bonds. The molecule has 0 nitrogen and oxygen atoms in total. The summed E-state index contributed by atoms with van der Waals surface area (Å²) in [6.07, 6.45) is 5.84. The molecule has 0 unspecified atom stereocenters. The normalized spacial score (nSPS) is 9.65. The van der Waals surface area contributed by atoms with Crippen LogP contribution in [0.1, 0.15) is 80.8 Å². The number of halogens is 2. The Morgan fingerprint density at radius 1 is 0.551 bits per heavy atom. The van der Waals surface area contributed by atoms with Crippen molar-refractivity contribution in [1.82, 2.24) is 0 Å². The SMILES string of the molecule is CCCc1ccc(-c2ccc(C)c3[cH-]c(C)cc23)cc1.CCCc1ccc(-c2ccc(C)c3[cH-]c(CC)cc23)cc1.Cl.Cl.[CH2-]C.[CH2-]C.[Si]=[Zr]. The summed E-state index contributed by atoms with van der Waals surface area (Å²) in [4.78, 5) is 0. The minimum atomic E-state index is 0. The molecule has 0 atom stereocenters.